The molecule has 1 heterocycles. The average Bonchev–Trinajstić information content (AvgIpc) is 3.32. The van der Waals surface area contributed by atoms with Crippen LogP contribution in [0.2, 0.25) is 0 Å². The van der Waals surface area contributed by atoms with Crippen LogP contribution in [0.4, 0.5) is 0 Å². The van der Waals surface area contributed by atoms with Gasteiger partial charge in [-0.15, -0.1) is 0 Å². The van der Waals surface area contributed by atoms with Crippen LogP contribution in [0.3, 0.4) is 0 Å². The van der Waals surface area contributed by atoms with Gasteiger partial charge in [-0.25, -0.2) is 0 Å². The highest BCUT2D eigenvalue weighted by Crippen LogP contribution is 2.38. The first kappa shape index (κ1) is 14.5. The summed E-state index contributed by atoms with van der Waals surface area (Å²) in [5.74, 6) is 0.521. The van der Waals surface area contributed by atoms with E-state index in [1.807, 2.05) is 54.2 Å². The van der Waals surface area contributed by atoms with Crippen molar-refractivity contribution in [1.82, 2.24) is 9.80 Å². The number of benzene rings is 1. The van der Waals surface area contributed by atoms with E-state index >= 15 is 0 Å². The molecule has 1 aliphatic heterocycles. The molecule has 2 fully saturated rings. The molecule has 1 N–H and O–H groups in total. The zero-order valence-corrected chi connectivity index (χ0v) is 12.8. The van der Waals surface area contributed by atoms with Gasteiger partial charge < -0.3 is 14.9 Å². The van der Waals surface area contributed by atoms with Crippen molar-refractivity contribution in [2.75, 3.05) is 27.2 Å². The highest BCUT2D eigenvalue weighted by Gasteiger charge is 2.46. The van der Waals surface area contributed by atoms with Gasteiger partial charge in [-0.3, -0.25) is 4.79 Å². The molecule has 4 nitrogen and oxygen atoms in total. The second kappa shape index (κ2) is 5.43. The van der Waals surface area contributed by atoms with Gasteiger partial charge in [-0.2, -0.15) is 0 Å². The van der Waals surface area contributed by atoms with Crippen molar-refractivity contribution in [3.63, 3.8) is 0 Å². The smallest absolute Gasteiger partial charge is 0.225 e. The van der Waals surface area contributed by atoms with Crippen LogP contribution < -0.4 is 0 Å². The van der Waals surface area contributed by atoms with Crippen LogP contribution in [0.25, 0.3) is 0 Å². The summed E-state index contributed by atoms with van der Waals surface area (Å²) < 4.78 is 0. The summed E-state index contributed by atoms with van der Waals surface area (Å²) in [6.45, 7) is 1.25. The van der Waals surface area contributed by atoms with E-state index in [9.17, 15) is 9.90 Å². The summed E-state index contributed by atoms with van der Waals surface area (Å²) in [5, 5.41) is 11.2. The Labute approximate surface area is 126 Å². The lowest BCUT2D eigenvalue weighted by molar-refractivity contribution is -0.143. The lowest BCUT2D eigenvalue weighted by Gasteiger charge is -2.47. The third-order valence-electron chi connectivity index (χ3n) is 4.84. The molecule has 3 rings (SSSR count). The van der Waals surface area contributed by atoms with Crippen LogP contribution in [0, 0.1) is 5.92 Å². The second-order valence-corrected chi connectivity index (χ2v) is 6.58. The number of carbonyl (C=O) groups is 1. The number of likely N-dealkylation sites (tertiary alicyclic amines) is 1. The van der Waals surface area contributed by atoms with Gasteiger partial charge >= 0.3 is 0 Å². The summed E-state index contributed by atoms with van der Waals surface area (Å²) in [4.78, 5) is 16.3. The van der Waals surface area contributed by atoms with Gasteiger partial charge in [0.25, 0.3) is 0 Å². The molecule has 1 saturated heterocycles. The molecule has 0 aromatic heterocycles. The average molecular weight is 288 g/mol. The van der Waals surface area contributed by atoms with E-state index < -0.39 is 5.60 Å². The minimum Gasteiger partial charge on any atom is -0.383 e. The van der Waals surface area contributed by atoms with E-state index in [2.05, 4.69) is 0 Å². The van der Waals surface area contributed by atoms with E-state index in [4.69, 9.17) is 0 Å². The van der Waals surface area contributed by atoms with Gasteiger partial charge in [-0.05, 0) is 38.9 Å². The number of nitrogens with zero attached hydrogens (tertiary/aromatic N) is 2. The molecular formula is C17H24N2O2. The maximum atomic E-state index is 12.3. The quantitative estimate of drug-likeness (QED) is 0.915. The Kier molecular flexibility index (Phi) is 3.76. The summed E-state index contributed by atoms with van der Waals surface area (Å²) in [7, 11) is 3.95. The largest absolute Gasteiger partial charge is 0.383 e. The Morgan fingerprint density at radius 1 is 1.29 bits per heavy atom. The third-order valence-corrected chi connectivity index (χ3v) is 4.84. The van der Waals surface area contributed by atoms with Crippen LogP contribution in [0.15, 0.2) is 30.3 Å². The van der Waals surface area contributed by atoms with Crippen LogP contribution >= 0.6 is 0 Å². The molecule has 1 aromatic rings. The number of aliphatic hydroxyl groups is 1. The topological polar surface area (TPSA) is 43.8 Å². The number of hydrogen-bond donors (Lipinski definition) is 1. The first-order valence-electron chi connectivity index (χ1n) is 7.75. The first-order chi connectivity index (χ1) is 10.0. The maximum Gasteiger partial charge on any atom is 0.225 e. The van der Waals surface area contributed by atoms with Crippen molar-refractivity contribution < 1.29 is 9.90 Å². The SMILES string of the molecule is CN(C)C1CN(C(=O)C2CC2)CCC1(O)c1ccccc1. The number of rotatable bonds is 3. The summed E-state index contributed by atoms with van der Waals surface area (Å²) in [6, 6.07) is 9.77. The number of hydrogen-bond acceptors (Lipinski definition) is 3. The molecule has 2 unspecified atom stereocenters. The minimum absolute atomic E-state index is 0.0728. The molecule has 2 aliphatic rings. The normalized spacial score (nSPS) is 29.7. The lowest BCUT2D eigenvalue weighted by atomic mass is 9.79. The summed E-state index contributed by atoms with van der Waals surface area (Å²) in [6.07, 6.45) is 2.66. The molecule has 1 aliphatic carbocycles. The van der Waals surface area contributed by atoms with Crippen LogP contribution in [-0.2, 0) is 10.4 Å². The molecule has 114 valence electrons. The van der Waals surface area contributed by atoms with Gasteiger partial charge in [0.15, 0.2) is 0 Å². The molecule has 21 heavy (non-hydrogen) atoms. The predicted molar refractivity (Wildman–Crippen MR) is 81.7 cm³/mol. The Hall–Kier alpha value is -1.39. The summed E-state index contributed by atoms with van der Waals surface area (Å²) in [5.41, 5.74) is 0.0627. The Morgan fingerprint density at radius 3 is 2.52 bits per heavy atom. The zero-order chi connectivity index (χ0) is 15.0. The van der Waals surface area contributed by atoms with Gasteiger partial charge in [0.1, 0.15) is 5.60 Å². The molecule has 4 heteroatoms. The van der Waals surface area contributed by atoms with Crippen molar-refractivity contribution in [1.29, 1.82) is 0 Å². The number of carbonyl (C=O) groups excluding carboxylic acids is 1. The van der Waals surface area contributed by atoms with Crippen LogP contribution in [-0.4, -0.2) is 54.0 Å². The fraction of sp³-hybridized carbons (Fsp3) is 0.588. The molecule has 2 atom stereocenters. The Balaban J connectivity index is 1.84. The third kappa shape index (κ3) is 2.70. The molecule has 1 saturated carbocycles. The molecular weight excluding hydrogens is 264 g/mol. The van der Waals surface area contributed by atoms with Crippen LogP contribution in [0.1, 0.15) is 24.8 Å². The van der Waals surface area contributed by atoms with Crippen molar-refractivity contribution in [3.05, 3.63) is 35.9 Å². The van der Waals surface area contributed by atoms with Crippen LogP contribution in [0.5, 0.6) is 0 Å². The molecule has 0 spiro atoms. The summed E-state index contributed by atoms with van der Waals surface area (Å²) >= 11 is 0. The van der Waals surface area contributed by atoms with Crippen molar-refractivity contribution >= 4 is 5.91 Å². The fourth-order valence-corrected chi connectivity index (χ4v) is 3.37. The van der Waals surface area contributed by atoms with E-state index in [1.165, 1.54) is 0 Å². The Morgan fingerprint density at radius 2 is 1.95 bits per heavy atom. The van der Waals surface area contributed by atoms with Gasteiger partial charge in [0.2, 0.25) is 5.91 Å². The van der Waals surface area contributed by atoms with Gasteiger partial charge in [-0.1, -0.05) is 30.3 Å². The molecule has 0 radical (unpaired) electrons. The fourth-order valence-electron chi connectivity index (χ4n) is 3.37. The van der Waals surface area contributed by atoms with Crippen molar-refractivity contribution in [2.24, 2.45) is 5.92 Å². The van der Waals surface area contributed by atoms with E-state index in [1.54, 1.807) is 0 Å². The van der Waals surface area contributed by atoms with Gasteiger partial charge in [0, 0.05) is 19.0 Å². The predicted octanol–water partition coefficient (Wildman–Crippen LogP) is 1.45. The van der Waals surface area contributed by atoms with E-state index in [-0.39, 0.29) is 17.9 Å². The van der Waals surface area contributed by atoms with E-state index in [0.717, 1.165) is 18.4 Å². The number of piperidine rings is 1. The van der Waals surface area contributed by atoms with Crippen molar-refractivity contribution in [2.45, 2.75) is 30.9 Å². The maximum absolute atomic E-state index is 12.3. The Bertz CT molecular complexity index is 513. The molecule has 0 bridgehead atoms. The second-order valence-electron chi connectivity index (χ2n) is 6.58. The number of likely N-dealkylation sites (N-methyl/N-ethyl adjacent to an activating group) is 1. The van der Waals surface area contributed by atoms with E-state index in [0.29, 0.717) is 19.5 Å². The number of amides is 1. The monoisotopic (exact) mass is 288 g/mol. The zero-order valence-electron chi connectivity index (χ0n) is 12.8. The molecule has 1 amide bonds. The minimum atomic E-state index is -0.884. The van der Waals surface area contributed by atoms with Crippen molar-refractivity contribution in [3.8, 4) is 0 Å². The van der Waals surface area contributed by atoms with Gasteiger partial charge in [0.05, 0.1) is 6.04 Å². The highest BCUT2D eigenvalue weighted by molar-refractivity contribution is 5.81. The molecule has 1 aromatic carbocycles. The first-order valence-corrected chi connectivity index (χ1v) is 7.75. The highest BCUT2D eigenvalue weighted by atomic mass is 16.3. The standard InChI is InChI=1S/C17H24N2O2/c1-18(2)15-12-19(16(20)13-8-9-13)11-10-17(15,21)14-6-4-3-5-7-14/h3-7,13,15,21H,8-12H2,1-2H3. The lowest BCUT2D eigenvalue weighted by Crippen LogP contribution is -2.60.